The highest BCUT2D eigenvalue weighted by Crippen LogP contribution is 2.35. The molecule has 0 spiro atoms. The standard InChI is InChI=1S/C21H27N3O2/c1-16-23-19(17-7-10-26-14-17)13-20(24-16)22-15-21(8-11-25-12-9-21)18-5-3-2-4-6-18/h2-6,13,17H,7-12,14-15H2,1H3,(H,22,23,24). The molecule has 1 unspecified atom stereocenters. The van der Waals surface area contributed by atoms with Crippen LogP contribution in [0.3, 0.4) is 0 Å². The number of ether oxygens (including phenoxy) is 2. The molecule has 138 valence electrons. The van der Waals surface area contributed by atoms with Crippen molar-refractivity contribution in [3.05, 3.63) is 53.5 Å². The fourth-order valence-corrected chi connectivity index (χ4v) is 4.04. The fourth-order valence-electron chi connectivity index (χ4n) is 4.04. The van der Waals surface area contributed by atoms with Crippen LogP contribution in [0.5, 0.6) is 0 Å². The van der Waals surface area contributed by atoms with Crippen molar-refractivity contribution in [1.82, 2.24) is 9.97 Å². The van der Waals surface area contributed by atoms with Crippen LogP contribution >= 0.6 is 0 Å². The first-order valence-corrected chi connectivity index (χ1v) is 9.56. The Morgan fingerprint density at radius 2 is 1.88 bits per heavy atom. The van der Waals surface area contributed by atoms with Crippen LogP contribution in [-0.4, -0.2) is 42.9 Å². The summed E-state index contributed by atoms with van der Waals surface area (Å²) in [4.78, 5) is 9.26. The van der Waals surface area contributed by atoms with E-state index in [0.29, 0.717) is 5.92 Å². The van der Waals surface area contributed by atoms with Gasteiger partial charge in [-0.05, 0) is 31.7 Å². The number of nitrogens with zero attached hydrogens (tertiary/aromatic N) is 2. The highest BCUT2D eigenvalue weighted by atomic mass is 16.5. The predicted octanol–water partition coefficient (Wildman–Crippen LogP) is 3.45. The zero-order valence-corrected chi connectivity index (χ0v) is 15.4. The number of nitrogens with one attached hydrogen (secondary N) is 1. The summed E-state index contributed by atoms with van der Waals surface area (Å²) in [7, 11) is 0. The third kappa shape index (κ3) is 3.74. The molecule has 5 nitrogen and oxygen atoms in total. The van der Waals surface area contributed by atoms with Gasteiger partial charge in [-0.25, -0.2) is 9.97 Å². The molecular weight excluding hydrogens is 326 g/mol. The third-order valence-corrected chi connectivity index (χ3v) is 5.65. The second kappa shape index (κ2) is 7.72. The third-order valence-electron chi connectivity index (χ3n) is 5.65. The van der Waals surface area contributed by atoms with Gasteiger partial charge in [-0.2, -0.15) is 0 Å². The minimum atomic E-state index is 0.0923. The lowest BCUT2D eigenvalue weighted by Gasteiger charge is -2.38. The second-order valence-corrected chi connectivity index (χ2v) is 7.40. The molecule has 2 fully saturated rings. The first-order chi connectivity index (χ1) is 12.8. The Bertz CT molecular complexity index is 723. The largest absolute Gasteiger partial charge is 0.381 e. The van der Waals surface area contributed by atoms with Gasteiger partial charge >= 0.3 is 0 Å². The van der Waals surface area contributed by atoms with Crippen molar-refractivity contribution in [2.75, 3.05) is 38.3 Å². The Labute approximate surface area is 155 Å². The van der Waals surface area contributed by atoms with Crippen LogP contribution in [0.15, 0.2) is 36.4 Å². The lowest BCUT2D eigenvalue weighted by Crippen LogP contribution is -2.40. The van der Waals surface area contributed by atoms with Gasteiger partial charge in [0, 0.05) is 43.8 Å². The van der Waals surface area contributed by atoms with Gasteiger partial charge in [-0.15, -0.1) is 0 Å². The topological polar surface area (TPSA) is 56.3 Å². The summed E-state index contributed by atoms with van der Waals surface area (Å²) in [6.07, 6.45) is 3.09. The summed E-state index contributed by atoms with van der Waals surface area (Å²) < 4.78 is 11.2. The molecule has 1 aromatic heterocycles. The summed E-state index contributed by atoms with van der Waals surface area (Å²) in [5, 5.41) is 3.61. The van der Waals surface area contributed by atoms with Crippen LogP contribution in [0, 0.1) is 6.92 Å². The van der Waals surface area contributed by atoms with Gasteiger partial charge in [-0.1, -0.05) is 30.3 Å². The molecule has 2 aliphatic rings. The minimum absolute atomic E-state index is 0.0923. The van der Waals surface area contributed by atoms with E-state index in [1.54, 1.807) is 0 Å². The molecule has 0 aliphatic carbocycles. The Hall–Kier alpha value is -1.98. The summed E-state index contributed by atoms with van der Waals surface area (Å²) in [6, 6.07) is 12.9. The second-order valence-electron chi connectivity index (χ2n) is 7.40. The van der Waals surface area contributed by atoms with Crippen molar-refractivity contribution in [2.24, 2.45) is 0 Å². The van der Waals surface area contributed by atoms with E-state index in [2.05, 4.69) is 51.7 Å². The van der Waals surface area contributed by atoms with Gasteiger partial charge in [0.2, 0.25) is 0 Å². The number of hydrogen-bond acceptors (Lipinski definition) is 5. The van der Waals surface area contributed by atoms with Crippen molar-refractivity contribution in [1.29, 1.82) is 0 Å². The van der Waals surface area contributed by atoms with Crippen LogP contribution in [0.2, 0.25) is 0 Å². The zero-order chi connectivity index (χ0) is 17.8. The van der Waals surface area contributed by atoms with E-state index in [4.69, 9.17) is 9.47 Å². The van der Waals surface area contributed by atoms with Crippen molar-refractivity contribution in [3.63, 3.8) is 0 Å². The van der Waals surface area contributed by atoms with E-state index >= 15 is 0 Å². The molecular formula is C21H27N3O2. The van der Waals surface area contributed by atoms with Gasteiger partial charge in [0.25, 0.3) is 0 Å². The first kappa shape index (κ1) is 17.4. The van der Waals surface area contributed by atoms with E-state index in [1.165, 1.54) is 5.56 Å². The summed E-state index contributed by atoms with van der Waals surface area (Å²) >= 11 is 0. The van der Waals surface area contributed by atoms with E-state index < -0.39 is 0 Å². The maximum absolute atomic E-state index is 5.64. The highest BCUT2D eigenvalue weighted by Gasteiger charge is 2.34. The summed E-state index contributed by atoms with van der Waals surface area (Å²) in [6.45, 7) is 6.03. The Morgan fingerprint density at radius 1 is 1.08 bits per heavy atom. The Balaban J connectivity index is 1.54. The molecule has 1 atom stereocenters. The normalized spacial score (nSPS) is 22.3. The van der Waals surface area contributed by atoms with E-state index in [0.717, 1.165) is 69.6 Å². The maximum Gasteiger partial charge on any atom is 0.129 e. The molecule has 2 aromatic rings. The van der Waals surface area contributed by atoms with Crippen LogP contribution in [0.1, 0.15) is 42.3 Å². The number of anilines is 1. The molecule has 0 radical (unpaired) electrons. The molecule has 5 heteroatoms. The van der Waals surface area contributed by atoms with Crippen molar-refractivity contribution >= 4 is 5.82 Å². The number of hydrogen-bond donors (Lipinski definition) is 1. The number of aromatic nitrogens is 2. The number of rotatable bonds is 5. The molecule has 0 amide bonds. The van der Waals surface area contributed by atoms with E-state index in [-0.39, 0.29) is 5.41 Å². The fraction of sp³-hybridized carbons (Fsp3) is 0.524. The predicted molar refractivity (Wildman–Crippen MR) is 102 cm³/mol. The quantitative estimate of drug-likeness (QED) is 0.892. The molecule has 0 saturated carbocycles. The Kier molecular flexibility index (Phi) is 5.18. The van der Waals surface area contributed by atoms with Crippen molar-refractivity contribution < 1.29 is 9.47 Å². The van der Waals surface area contributed by atoms with Gasteiger partial charge < -0.3 is 14.8 Å². The molecule has 2 aliphatic heterocycles. The molecule has 2 saturated heterocycles. The molecule has 4 rings (SSSR count). The Morgan fingerprint density at radius 3 is 2.62 bits per heavy atom. The average Bonchev–Trinajstić information content (AvgIpc) is 3.22. The van der Waals surface area contributed by atoms with Crippen LogP contribution in [0.25, 0.3) is 0 Å². The van der Waals surface area contributed by atoms with E-state index in [9.17, 15) is 0 Å². The number of aryl methyl sites for hydroxylation is 1. The van der Waals surface area contributed by atoms with Crippen LogP contribution in [0.4, 0.5) is 5.82 Å². The lowest BCUT2D eigenvalue weighted by molar-refractivity contribution is 0.0543. The van der Waals surface area contributed by atoms with Gasteiger partial charge in [0.05, 0.1) is 12.3 Å². The van der Waals surface area contributed by atoms with E-state index in [1.807, 2.05) is 6.92 Å². The van der Waals surface area contributed by atoms with Crippen LogP contribution in [-0.2, 0) is 14.9 Å². The SMILES string of the molecule is Cc1nc(NCC2(c3ccccc3)CCOCC2)cc(C2CCOC2)n1. The highest BCUT2D eigenvalue weighted by molar-refractivity contribution is 5.39. The molecule has 0 bridgehead atoms. The lowest BCUT2D eigenvalue weighted by atomic mass is 9.74. The smallest absolute Gasteiger partial charge is 0.129 e. The molecule has 3 heterocycles. The van der Waals surface area contributed by atoms with Gasteiger partial charge in [0.15, 0.2) is 0 Å². The first-order valence-electron chi connectivity index (χ1n) is 9.56. The average molecular weight is 353 g/mol. The van der Waals surface area contributed by atoms with Crippen molar-refractivity contribution in [2.45, 2.75) is 37.5 Å². The van der Waals surface area contributed by atoms with Crippen LogP contribution < -0.4 is 5.32 Å². The van der Waals surface area contributed by atoms with Gasteiger partial charge in [-0.3, -0.25) is 0 Å². The number of benzene rings is 1. The van der Waals surface area contributed by atoms with Crippen molar-refractivity contribution in [3.8, 4) is 0 Å². The molecule has 26 heavy (non-hydrogen) atoms. The zero-order valence-electron chi connectivity index (χ0n) is 15.4. The summed E-state index contributed by atoms with van der Waals surface area (Å²) in [5.41, 5.74) is 2.57. The minimum Gasteiger partial charge on any atom is -0.381 e. The summed E-state index contributed by atoms with van der Waals surface area (Å²) in [5.74, 6) is 2.13. The van der Waals surface area contributed by atoms with Gasteiger partial charge in [0.1, 0.15) is 11.6 Å². The monoisotopic (exact) mass is 353 g/mol. The maximum atomic E-state index is 5.64. The molecule has 1 aromatic carbocycles. The molecule has 1 N–H and O–H groups in total.